The lowest BCUT2D eigenvalue weighted by Gasteiger charge is -2.12. The summed E-state index contributed by atoms with van der Waals surface area (Å²) in [5.41, 5.74) is 2.25. The van der Waals surface area contributed by atoms with Crippen LogP contribution in [0.25, 0.3) is 21.4 Å². The monoisotopic (exact) mass is 368 g/mol. The van der Waals surface area contributed by atoms with Crippen LogP contribution in [-0.2, 0) is 24.2 Å². The van der Waals surface area contributed by atoms with Crippen LogP contribution in [0.2, 0.25) is 0 Å². The summed E-state index contributed by atoms with van der Waals surface area (Å²) in [6.07, 6.45) is 9.84. The van der Waals surface area contributed by atoms with Gasteiger partial charge >= 0.3 is 5.97 Å². The molecule has 4 aromatic heterocycles. The minimum Gasteiger partial charge on any atom is -0.480 e. The normalized spacial score (nSPS) is 14.2. The van der Waals surface area contributed by atoms with E-state index < -0.39 is 12.5 Å². The number of aliphatic carboxylic acids is 1. The van der Waals surface area contributed by atoms with Crippen molar-refractivity contribution in [3.63, 3.8) is 0 Å². The molecule has 1 aliphatic rings. The average Bonchev–Trinajstić information content (AvgIpc) is 3.32. The Hall–Kier alpha value is -2.87. The Morgan fingerprint density at radius 3 is 2.77 bits per heavy atom. The van der Waals surface area contributed by atoms with Crippen LogP contribution >= 0.6 is 11.3 Å². The average molecular weight is 368 g/mol. The van der Waals surface area contributed by atoms with Crippen molar-refractivity contribution in [2.24, 2.45) is 0 Å². The Bertz CT molecular complexity index is 1210. The predicted molar refractivity (Wildman–Crippen MR) is 98.4 cm³/mol. The molecule has 1 aliphatic carbocycles. The van der Waals surface area contributed by atoms with Crippen LogP contribution in [0.4, 0.5) is 0 Å². The first-order valence-corrected chi connectivity index (χ1v) is 9.36. The molecule has 8 heteroatoms. The van der Waals surface area contributed by atoms with Gasteiger partial charge in [0.15, 0.2) is 0 Å². The van der Waals surface area contributed by atoms with Gasteiger partial charge in [0, 0.05) is 22.7 Å². The molecular weight excluding hydrogens is 352 g/mol. The number of carboxylic acids is 1. The Balaban J connectivity index is 1.94. The lowest BCUT2D eigenvalue weighted by atomic mass is 9.97. The van der Waals surface area contributed by atoms with Crippen LogP contribution in [0.1, 0.15) is 23.3 Å². The minimum absolute atomic E-state index is 0.383. The molecule has 0 atom stereocenters. The zero-order valence-corrected chi connectivity index (χ0v) is 14.7. The fraction of sp³-hybridized carbons (Fsp3) is 0.278. The zero-order chi connectivity index (χ0) is 17.8. The van der Waals surface area contributed by atoms with Gasteiger partial charge in [-0.1, -0.05) is 0 Å². The van der Waals surface area contributed by atoms with E-state index in [0.717, 1.165) is 39.8 Å². The van der Waals surface area contributed by atoms with Gasteiger partial charge in [-0.3, -0.25) is 14.0 Å². The molecule has 0 radical (unpaired) electrons. The Morgan fingerprint density at radius 1 is 1.23 bits per heavy atom. The zero-order valence-electron chi connectivity index (χ0n) is 13.9. The second-order valence-electron chi connectivity index (χ2n) is 6.54. The van der Waals surface area contributed by atoms with E-state index in [1.165, 1.54) is 16.9 Å². The van der Waals surface area contributed by atoms with Crippen LogP contribution in [-0.4, -0.2) is 29.8 Å². The van der Waals surface area contributed by atoms with E-state index in [1.54, 1.807) is 17.7 Å². The van der Waals surface area contributed by atoms with Crippen molar-refractivity contribution < 1.29 is 9.90 Å². The van der Waals surface area contributed by atoms with Gasteiger partial charge in [-0.2, -0.15) is 5.10 Å². The van der Waals surface area contributed by atoms with Gasteiger partial charge in [-0.05, 0) is 43.4 Å². The van der Waals surface area contributed by atoms with E-state index in [4.69, 9.17) is 5.11 Å². The van der Waals surface area contributed by atoms with Crippen LogP contribution in [0.3, 0.4) is 0 Å². The van der Waals surface area contributed by atoms with E-state index in [-0.39, 0.29) is 5.56 Å². The molecule has 4 aromatic rings. The van der Waals surface area contributed by atoms with Crippen molar-refractivity contribution in [2.75, 3.05) is 0 Å². The summed E-state index contributed by atoms with van der Waals surface area (Å²) < 4.78 is 4.79. The van der Waals surface area contributed by atoms with E-state index in [2.05, 4.69) is 5.10 Å². The topological polar surface area (TPSA) is 81.5 Å². The quantitative estimate of drug-likeness (QED) is 0.602. The number of carbonyl (C=O) groups is 1. The number of thiophene rings is 1. The summed E-state index contributed by atoms with van der Waals surface area (Å²) in [5.74, 6) is -1.09. The third-order valence-electron chi connectivity index (χ3n) is 4.96. The molecule has 1 N–H and O–H groups in total. The molecule has 4 heterocycles. The summed E-state index contributed by atoms with van der Waals surface area (Å²) in [6.45, 7) is -0.447. The Morgan fingerprint density at radius 2 is 2.00 bits per heavy atom. The first kappa shape index (κ1) is 15.4. The Labute approximate surface area is 151 Å². The number of hydrogen-bond acceptors (Lipinski definition) is 4. The van der Waals surface area contributed by atoms with Gasteiger partial charge in [0.25, 0.3) is 5.56 Å². The second-order valence-corrected chi connectivity index (χ2v) is 7.62. The SMILES string of the molecule is O=C(O)Cn1ncn2c(c(-n3cccc3)c3c4c(sc32)CCCC4)c1=O. The van der Waals surface area contributed by atoms with Gasteiger partial charge < -0.3 is 9.67 Å². The molecule has 0 bridgehead atoms. The van der Waals surface area contributed by atoms with E-state index in [1.807, 2.05) is 33.5 Å². The first-order valence-electron chi connectivity index (χ1n) is 8.54. The van der Waals surface area contributed by atoms with Crippen molar-refractivity contribution >= 4 is 33.0 Å². The summed E-state index contributed by atoms with van der Waals surface area (Å²) in [5, 5.41) is 14.3. The van der Waals surface area contributed by atoms with E-state index in [9.17, 15) is 9.59 Å². The maximum atomic E-state index is 13.0. The van der Waals surface area contributed by atoms with Crippen LogP contribution < -0.4 is 5.56 Å². The van der Waals surface area contributed by atoms with Crippen molar-refractivity contribution in [1.29, 1.82) is 0 Å². The molecule has 132 valence electrons. The third-order valence-corrected chi connectivity index (χ3v) is 6.26. The molecule has 0 spiro atoms. The van der Waals surface area contributed by atoms with Crippen LogP contribution in [0.5, 0.6) is 0 Å². The summed E-state index contributed by atoms with van der Waals surface area (Å²) >= 11 is 1.72. The van der Waals surface area contributed by atoms with Crippen LogP contribution in [0, 0.1) is 0 Å². The number of aryl methyl sites for hydroxylation is 2. The van der Waals surface area contributed by atoms with Gasteiger partial charge in [-0.15, -0.1) is 11.3 Å². The highest BCUT2D eigenvalue weighted by Crippen LogP contribution is 2.41. The third kappa shape index (κ3) is 2.08. The highest BCUT2D eigenvalue weighted by Gasteiger charge is 2.26. The molecule has 0 saturated heterocycles. The standard InChI is InChI=1S/C18H16N4O3S/c23-13(24)9-22-17(25)16-15(20-7-3-4-8-20)14-11-5-1-2-6-12(11)26-18(14)21(16)10-19-22/h3-4,7-8,10H,1-2,5-6,9H2,(H,23,24). The van der Waals surface area contributed by atoms with E-state index >= 15 is 0 Å². The molecule has 0 unspecified atom stereocenters. The van der Waals surface area contributed by atoms with Gasteiger partial charge in [0.05, 0.1) is 5.69 Å². The number of hydrogen-bond donors (Lipinski definition) is 1. The Kier molecular flexibility index (Phi) is 3.30. The van der Waals surface area contributed by atoms with E-state index in [0.29, 0.717) is 5.52 Å². The lowest BCUT2D eigenvalue weighted by molar-refractivity contribution is -0.138. The maximum absolute atomic E-state index is 13.0. The number of carboxylic acid groups (broad SMARTS) is 1. The smallest absolute Gasteiger partial charge is 0.325 e. The lowest BCUT2D eigenvalue weighted by Crippen LogP contribution is -2.28. The summed E-state index contributed by atoms with van der Waals surface area (Å²) in [4.78, 5) is 26.5. The fourth-order valence-electron chi connectivity index (χ4n) is 3.88. The first-order chi connectivity index (χ1) is 12.6. The van der Waals surface area contributed by atoms with Gasteiger partial charge in [-0.25, -0.2) is 4.68 Å². The maximum Gasteiger partial charge on any atom is 0.325 e. The molecule has 0 saturated carbocycles. The second kappa shape index (κ2) is 5.57. The fourth-order valence-corrected chi connectivity index (χ4v) is 5.24. The van der Waals surface area contributed by atoms with Gasteiger partial charge in [0.2, 0.25) is 0 Å². The number of nitrogens with zero attached hydrogens (tertiary/aromatic N) is 4. The molecular formula is C18H16N4O3S. The van der Waals surface area contributed by atoms with Crippen LogP contribution in [0.15, 0.2) is 35.6 Å². The highest BCUT2D eigenvalue weighted by atomic mass is 32.1. The molecule has 7 nitrogen and oxygen atoms in total. The number of rotatable bonds is 3. The predicted octanol–water partition coefficient (Wildman–Crippen LogP) is 2.46. The molecule has 0 fully saturated rings. The van der Waals surface area contributed by atoms with Crippen molar-refractivity contribution in [3.05, 3.63) is 51.6 Å². The molecule has 0 aliphatic heterocycles. The molecule has 0 aromatic carbocycles. The van der Waals surface area contributed by atoms with Crippen molar-refractivity contribution in [2.45, 2.75) is 32.2 Å². The minimum atomic E-state index is -1.09. The van der Waals surface area contributed by atoms with Gasteiger partial charge in [0.1, 0.15) is 23.2 Å². The molecule has 0 amide bonds. The number of aromatic nitrogens is 4. The van der Waals surface area contributed by atoms with Crippen molar-refractivity contribution in [1.82, 2.24) is 18.7 Å². The molecule has 5 rings (SSSR count). The summed E-state index contributed by atoms with van der Waals surface area (Å²) in [6, 6.07) is 3.84. The largest absolute Gasteiger partial charge is 0.480 e. The summed E-state index contributed by atoms with van der Waals surface area (Å²) in [7, 11) is 0. The highest BCUT2D eigenvalue weighted by molar-refractivity contribution is 7.19. The van der Waals surface area contributed by atoms with Crippen molar-refractivity contribution in [3.8, 4) is 5.69 Å². The molecule has 26 heavy (non-hydrogen) atoms. The number of fused-ring (bicyclic) bond motifs is 5.